The monoisotopic (exact) mass is 366 g/mol. The van der Waals surface area contributed by atoms with Crippen molar-refractivity contribution >= 4 is 22.3 Å². The number of aliphatic hydroxyl groups excluding tert-OH is 1. The normalized spacial score (nSPS) is 41.9. The molecular weight excluding hydrogens is 352 g/mol. The van der Waals surface area contributed by atoms with Crippen LogP contribution in [0.3, 0.4) is 0 Å². The van der Waals surface area contributed by atoms with Gasteiger partial charge >= 0.3 is 5.79 Å². The van der Waals surface area contributed by atoms with E-state index in [1.807, 2.05) is 24.3 Å². The van der Waals surface area contributed by atoms with E-state index in [0.29, 0.717) is 11.5 Å². The molecule has 2 aliphatic carbocycles. The quantitative estimate of drug-likeness (QED) is 0.692. The van der Waals surface area contributed by atoms with E-state index in [4.69, 9.17) is 18.9 Å². The number of hydrogen-bond donors (Lipinski definition) is 1. The van der Waals surface area contributed by atoms with Gasteiger partial charge in [-0.25, -0.2) is 0 Å². The summed E-state index contributed by atoms with van der Waals surface area (Å²) in [6.45, 7) is 0. The topological polar surface area (TPSA) is 97.9 Å². The predicted molar refractivity (Wildman–Crippen MR) is 88.4 cm³/mol. The number of aliphatic hydroxyl groups is 1. The van der Waals surface area contributed by atoms with Crippen molar-refractivity contribution in [2.24, 2.45) is 0 Å². The number of ether oxygens (including phenoxy) is 4. The zero-order valence-corrected chi connectivity index (χ0v) is 14.0. The first-order valence-electron chi connectivity index (χ1n) is 9.06. The number of hydrogen-bond acceptors (Lipinski definition) is 7. The largest absolute Gasteiger partial charge is 0.446 e. The molecule has 7 nitrogen and oxygen atoms in total. The van der Waals surface area contributed by atoms with Crippen LogP contribution in [0.4, 0.5) is 0 Å². The fourth-order valence-corrected chi connectivity index (χ4v) is 5.41. The van der Waals surface area contributed by atoms with Crippen molar-refractivity contribution in [3.63, 3.8) is 0 Å². The van der Waals surface area contributed by atoms with Crippen LogP contribution >= 0.6 is 0 Å². The standard InChI is InChI=1S/C20H14O7/c21-12-7-8-13(22)19-18(12,27-19)16(23)15-17(24-15)20(19)25-10-5-1-3-9-4-2-6-11(26-20)14(9)10/h1-6,12,15,17,21H,7-8H2/t12-,15+,17+,18-,19-/m1/s1. The smallest absolute Gasteiger partial charge is 0.321 e. The summed E-state index contributed by atoms with van der Waals surface area (Å²) >= 11 is 0. The third-order valence-electron chi connectivity index (χ3n) is 6.63. The first-order valence-corrected chi connectivity index (χ1v) is 9.06. The molecule has 0 amide bonds. The SMILES string of the molecule is O=C1[C@@H]2O[C@@H]2C2(Oc3cccc4cccc(c34)O2)[C@]23O[C@]12[C@H](O)CCC3=O. The molecule has 2 saturated heterocycles. The number of fused-ring (bicyclic) bond motifs is 2. The third kappa shape index (κ3) is 1.27. The van der Waals surface area contributed by atoms with Crippen LogP contribution in [0.15, 0.2) is 36.4 Å². The second kappa shape index (κ2) is 4.01. The summed E-state index contributed by atoms with van der Waals surface area (Å²) in [5.74, 6) is -1.20. The third-order valence-corrected chi connectivity index (χ3v) is 6.63. The van der Waals surface area contributed by atoms with E-state index in [1.54, 1.807) is 12.1 Å². The molecule has 2 saturated carbocycles. The van der Waals surface area contributed by atoms with Gasteiger partial charge in [-0.05, 0) is 23.9 Å². The highest BCUT2D eigenvalue weighted by atomic mass is 16.8. The van der Waals surface area contributed by atoms with Crippen LogP contribution in [0.25, 0.3) is 10.8 Å². The van der Waals surface area contributed by atoms with Gasteiger partial charge in [0.15, 0.2) is 18.0 Å². The molecular formula is C20H14O7. The highest BCUT2D eigenvalue weighted by molar-refractivity contribution is 6.12. The molecule has 0 radical (unpaired) electrons. The summed E-state index contributed by atoms with van der Waals surface area (Å²) in [5.41, 5.74) is -3.32. The Balaban J connectivity index is 1.50. The van der Waals surface area contributed by atoms with Crippen molar-refractivity contribution in [3.8, 4) is 11.5 Å². The summed E-state index contributed by atoms with van der Waals surface area (Å²) in [6.07, 6.45) is -2.38. The summed E-state index contributed by atoms with van der Waals surface area (Å²) in [7, 11) is 0. The van der Waals surface area contributed by atoms with Crippen LogP contribution in [-0.2, 0) is 19.1 Å². The molecule has 0 bridgehead atoms. The summed E-state index contributed by atoms with van der Waals surface area (Å²) in [6, 6.07) is 11.2. The Bertz CT molecular complexity index is 1050. The van der Waals surface area contributed by atoms with Crippen molar-refractivity contribution in [3.05, 3.63) is 36.4 Å². The molecule has 7 heteroatoms. The molecule has 1 N–H and O–H groups in total. The molecule has 4 fully saturated rings. The summed E-state index contributed by atoms with van der Waals surface area (Å²) < 4.78 is 24.1. The van der Waals surface area contributed by atoms with Crippen LogP contribution < -0.4 is 9.47 Å². The van der Waals surface area contributed by atoms with Gasteiger partial charge in [-0.2, -0.15) is 0 Å². The van der Waals surface area contributed by atoms with Gasteiger partial charge in [0.2, 0.25) is 17.0 Å². The highest BCUT2D eigenvalue weighted by Gasteiger charge is 3.00. The molecule has 3 heterocycles. The lowest BCUT2D eigenvalue weighted by molar-refractivity contribution is -0.194. The Kier molecular flexibility index (Phi) is 2.16. The van der Waals surface area contributed by atoms with Crippen molar-refractivity contribution in [2.45, 2.75) is 48.1 Å². The van der Waals surface area contributed by atoms with E-state index in [-0.39, 0.29) is 24.4 Å². The first kappa shape index (κ1) is 14.6. The second-order valence-corrected chi connectivity index (χ2v) is 7.82. The van der Waals surface area contributed by atoms with Crippen molar-refractivity contribution in [1.29, 1.82) is 0 Å². The molecule has 1 spiro atoms. The number of ketones is 2. The fourth-order valence-electron chi connectivity index (χ4n) is 5.41. The van der Waals surface area contributed by atoms with Gasteiger partial charge in [0.1, 0.15) is 11.5 Å². The predicted octanol–water partition coefficient (Wildman–Crippen LogP) is 0.889. The van der Waals surface area contributed by atoms with Gasteiger partial charge in [-0.3, -0.25) is 9.59 Å². The lowest BCUT2D eigenvalue weighted by Crippen LogP contribution is -2.73. The highest BCUT2D eigenvalue weighted by Crippen LogP contribution is 2.71. The lowest BCUT2D eigenvalue weighted by atomic mass is 9.64. The van der Waals surface area contributed by atoms with Gasteiger partial charge in [0, 0.05) is 6.42 Å². The van der Waals surface area contributed by atoms with Gasteiger partial charge in [0.05, 0.1) is 11.5 Å². The molecule has 5 aliphatic rings. The Morgan fingerprint density at radius 2 is 1.74 bits per heavy atom. The molecule has 136 valence electrons. The molecule has 2 aromatic rings. The first-order chi connectivity index (χ1) is 13.1. The van der Waals surface area contributed by atoms with Crippen molar-refractivity contribution in [1.82, 2.24) is 0 Å². The minimum Gasteiger partial charge on any atom is -0.446 e. The molecule has 7 rings (SSSR count). The van der Waals surface area contributed by atoms with Crippen LogP contribution in [0.5, 0.6) is 11.5 Å². The summed E-state index contributed by atoms with van der Waals surface area (Å²) in [4.78, 5) is 26.0. The number of rotatable bonds is 0. The lowest BCUT2D eigenvalue weighted by Gasteiger charge is -2.44. The summed E-state index contributed by atoms with van der Waals surface area (Å²) in [5, 5.41) is 12.4. The number of carbonyl (C=O) groups is 2. The zero-order valence-electron chi connectivity index (χ0n) is 14.0. The number of benzene rings is 2. The van der Waals surface area contributed by atoms with Crippen molar-refractivity contribution in [2.75, 3.05) is 0 Å². The Hall–Kier alpha value is -2.48. The van der Waals surface area contributed by atoms with E-state index in [0.717, 1.165) is 10.8 Å². The maximum atomic E-state index is 13.1. The van der Waals surface area contributed by atoms with E-state index in [1.165, 1.54) is 0 Å². The molecule has 5 atom stereocenters. The molecule has 27 heavy (non-hydrogen) atoms. The maximum Gasteiger partial charge on any atom is 0.321 e. The van der Waals surface area contributed by atoms with Gasteiger partial charge in [-0.1, -0.05) is 24.3 Å². The van der Waals surface area contributed by atoms with Gasteiger partial charge in [-0.15, -0.1) is 0 Å². The number of epoxide rings is 2. The van der Waals surface area contributed by atoms with E-state index < -0.39 is 35.3 Å². The molecule has 0 aromatic heterocycles. The van der Waals surface area contributed by atoms with E-state index in [2.05, 4.69) is 0 Å². The van der Waals surface area contributed by atoms with Gasteiger partial charge < -0.3 is 24.1 Å². The van der Waals surface area contributed by atoms with Crippen LogP contribution in [0.1, 0.15) is 12.8 Å². The number of carbonyl (C=O) groups excluding carboxylic acids is 2. The van der Waals surface area contributed by atoms with Crippen LogP contribution in [-0.4, -0.2) is 52.0 Å². The minimum absolute atomic E-state index is 0.0912. The second-order valence-electron chi connectivity index (χ2n) is 7.82. The number of Topliss-reactive ketones (excluding diaryl/α,β-unsaturated/α-hetero) is 2. The maximum absolute atomic E-state index is 13.1. The Labute approximate surface area is 152 Å². The van der Waals surface area contributed by atoms with E-state index >= 15 is 0 Å². The Morgan fingerprint density at radius 1 is 1.04 bits per heavy atom. The average Bonchev–Trinajstić information content (AvgIpc) is 3.57. The molecule has 2 aromatic carbocycles. The van der Waals surface area contributed by atoms with Crippen LogP contribution in [0, 0.1) is 0 Å². The zero-order chi connectivity index (χ0) is 18.2. The van der Waals surface area contributed by atoms with Crippen LogP contribution in [0.2, 0.25) is 0 Å². The molecule has 0 unspecified atom stereocenters. The fraction of sp³-hybridized carbons (Fsp3) is 0.400. The Morgan fingerprint density at radius 3 is 2.44 bits per heavy atom. The molecule has 3 aliphatic heterocycles. The van der Waals surface area contributed by atoms with Crippen molar-refractivity contribution < 1.29 is 33.6 Å². The average molecular weight is 366 g/mol. The van der Waals surface area contributed by atoms with E-state index in [9.17, 15) is 14.7 Å². The van der Waals surface area contributed by atoms with Gasteiger partial charge in [0.25, 0.3) is 0 Å². The minimum atomic E-state index is -1.68.